The molecule has 0 radical (unpaired) electrons. The van der Waals surface area contributed by atoms with Crippen molar-refractivity contribution < 1.29 is 0 Å². The highest BCUT2D eigenvalue weighted by molar-refractivity contribution is 9.11. The molecule has 2 aromatic rings. The molecule has 2 rings (SSSR count). The van der Waals surface area contributed by atoms with E-state index in [1.165, 1.54) is 19.1 Å². The van der Waals surface area contributed by atoms with Gasteiger partial charge >= 0.3 is 0 Å². The molecule has 1 aromatic heterocycles. The Kier molecular flexibility index (Phi) is 5.73. The maximum Gasteiger partial charge on any atom is 0.0701 e. The molecule has 0 aliphatic rings. The third-order valence-electron chi connectivity index (χ3n) is 2.76. The molecule has 1 aromatic carbocycles. The molecule has 0 bridgehead atoms. The number of benzene rings is 1. The Hall–Kier alpha value is -0.290. The molecule has 108 valence electrons. The molecule has 0 saturated heterocycles. The van der Waals surface area contributed by atoms with Gasteiger partial charge in [-0.05, 0) is 66.5 Å². The van der Waals surface area contributed by atoms with Crippen molar-refractivity contribution in [1.29, 1.82) is 0 Å². The van der Waals surface area contributed by atoms with Gasteiger partial charge in [-0.25, -0.2) is 0 Å². The first-order valence-corrected chi connectivity index (χ1v) is 9.23. The molecule has 1 nitrogen and oxygen atoms in total. The second-order valence-corrected chi connectivity index (χ2v) is 9.34. The highest BCUT2D eigenvalue weighted by atomic mass is 79.9. The summed E-state index contributed by atoms with van der Waals surface area (Å²) in [7, 11) is 0. The number of hydrogen-bond acceptors (Lipinski definition) is 3. The first-order valence-electron chi connectivity index (χ1n) is 6.63. The van der Waals surface area contributed by atoms with Gasteiger partial charge in [-0.2, -0.15) is 0 Å². The van der Waals surface area contributed by atoms with Crippen LogP contribution in [0.4, 0.5) is 0 Å². The van der Waals surface area contributed by atoms with Gasteiger partial charge in [-0.3, -0.25) is 0 Å². The van der Waals surface area contributed by atoms with E-state index in [2.05, 4.69) is 78.4 Å². The Balaban J connectivity index is 1.85. The van der Waals surface area contributed by atoms with Gasteiger partial charge in [-0.15, -0.1) is 23.1 Å². The summed E-state index contributed by atoms with van der Waals surface area (Å²) in [5, 5.41) is 3.51. The molecule has 0 atom stereocenters. The third kappa shape index (κ3) is 5.60. The lowest BCUT2D eigenvalue weighted by Crippen LogP contribution is -2.35. The zero-order valence-electron chi connectivity index (χ0n) is 12.1. The Morgan fingerprint density at radius 1 is 1.10 bits per heavy atom. The number of halogens is 1. The van der Waals surface area contributed by atoms with E-state index in [-0.39, 0.29) is 5.54 Å². The average Bonchev–Trinajstić information content (AvgIpc) is 2.80. The van der Waals surface area contributed by atoms with E-state index in [0.29, 0.717) is 0 Å². The van der Waals surface area contributed by atoms with Gasteiger partial charge in [0.05, 0.1) is 3.79 Å². The van der Waals surface area contributed by atoms with Crippen molar-refractivity contribution in [3.63, 3.8) is 0 Å². The molecule has 4 heteroatoms. The van der Waals surface area contributed by atoms with Crippen LogP contribution in [0, 0.1) is 0 Å². The Morgan fingerprint density at radius 2 is 1.80 bits per heavy atom. The minimum absolute atomic E-state index is 0.167. The van der Waals surface area contributed by atoms with Gasteiger partial charge in [0.25, 0.3) is 0 Å². The van der Waals surface area contributed by atoms with Crippen molar-refractivity contribution in [2.75, 3.05) is 0 Å². The number of nitrogens with one attached hydrogen (secondary N) is 1. The van der Waals surface area contributed by atoms with E-state index in [1.807, 2.05) is 11.8 Å². The molecule has 0 saturated carbocycles. The lowest BCUT2D eigenvalue weighted by atomic mass is 10.1. The average molecular weight is 370 g/mol. The Labute approximate surface area is 138 Å². The normalized spacial score (nSPS) is 11.8. The molecule has 0 fully saturated rings. The minimum atomic E-state index is 0.167. The molecular weight excluding hydrogens is 350 g/mol. The van der Waals surface area contributed by atoms with Gasteiger partial charge in [0, 0.05) is 27.6 Å². The van der Waals surface area contributed by atoms with Gasteiger partial charge in [-0.1, -0.05) is 12.1 Å². The molecule has 0 amide bonds. The minimum Gasteiger partial charge on any atom is -0.308 e. The number of rotatable bonds is 5. The summed E-state index contributed by atoms with van der Waals surface area (Å²) in [6.45, 7) is 7.50. The monoisotopic (exact) mass is 369 g/mol. The smallest absolute Gasteiger partial charge is 0.0701 e. The second kappa shape index (κ2) is 7.12. The van der Waals surface area contributed by atoms with E-state index in [9.17, 15) is 0 Å². The van der Waals surface area contributed by atoms with E-state index in [1.54, 1.807) is 11.3 Å². The standard InChI is InChI=1S/C16H20BrNS2/c1-16(2,3)18-10-12-4-6-13(7-5-12)19-11-14-8-9-15(17)20-14/h4-9,18H,10-11H2,1-3H3. The van der Waals surface area contributed by atoms with E-state index in [4.69, 9.17) is 0 Å². The first kappa shape index (κ1) is 16.1. The largest absolute Gasteiger partial charge is 0.308 e. The predicted octanol–water partition coefficient (Wildman–Crippen LogP) is 5.69. The van der Waals surface area contributed by atoms with Crippen LogP contribution in [0.3, 0.4) is 0 Å². The van der Waals surface area contributed by atoms with Crippen molar-refractivity contribution in [1.82, 2.24) is 5.32 Å². The fraction of sp³-hybridized carbons (Fsp3) is 0.375. The lowest BCUT2D eigenvalue weighted by Gasteiger charge is -2.20. The van der Waals surface area contributed by atoms with Crippen LogP contribution < -0.4 is 5.32 Å². The maximum absolute atomic E-state index is 3.51. The molecule has 1 N–H and O–H groups in total. The maximum atomic E-state index is 3.51. The van der Waals surface area contributed by atoms with Crippen LogP contribution in [0.15, 0.2) is 45.1 Å². The van der Waals surface area contributed by atoms with Crippen molar-refractivity contribution in [3.05, 3.63) is 50.6 Å². The van der Waals surface area contributed by atoms with Gasteiger partial charge in [0.1, 0.15) is 0 Å². The van der Waals surface area contributed by atoms with Crippen LogP contribution in [-0.2, 0) is 12.3 Å². The summed E-state index contributed by atoms with van der Waals surface area (Å²) in [5.41, 5.74) is 1.50. The van der Waals surface area contributed by atoms with Crippen LogP contribution >= 0.6 is 39.0 Å². The molecule has 20 heavy (non-hydrogen) atoms. The molecular formula is C16H20BrNS2. The second-order valence-electron chi connectivity index (χ2n) is 5.74. The summed E-state index contributed by atoms with van der Waals surface area (Å²) >= 11 is 7.20. The summed E-state index contributed by atoms with van der Waals surface area (Å²) in [4.78, 5) is 2.73. The first-order chi connectivity index (χ1) is 9.42. The van der Waals surface area contributed by atoms with E-state index < -0.39 is 0 Å². The zero-order valence-corrected chi connectivity index (χ0v) is 15.3. The van der Waals surface area contributed by atoms with Crippen LogP contribution in [0.2, 0.25) is 0 Å². The van der Waals surface area contributed by atoms with Crippen LogP contribution in [0.5, 0.6) is 0 Å². The third-order valence-corrected chi connectivity index (χ3v) is 5.62. The van der Waals surface area contributed by atoms with Crippen molar-refractivity contribution in [3.8, 4) is 0 Å². The fourth-order valence-corrected chi connectivity index (χ4v) is 4.08. The predicted molar refractivity (Wildman–Crippen MR) is 94.6 cm³/mol. The van der Waals surface area contributed by atoms with Crippen LogP contribution in [0.25, 0.3) is 0 Å². The number of thioether (sulfide) groups is 1. The number of hydrogen-bond donors (Lipinski definition) is 1. The topological polar surface area (TPSA) is 12.0 Å². The van der Waals surface area contributed by atoms with Crippen LogP contribution in [0.1, 0.15) is 31.2 Å². The molecule has 1 heterocycles. The Bertz CT molecular complexity index is 540. The molecule has 0 aliphatic heterocycles. The van der Waals surface area contributed by atoms with Crippen molar-refractivity contribution in [2.45, 2.75) is 43.5 Å². The zero-order chi connectivity index (χ0) is 14.6. The Morgan fingerprint density at radius 3 is 2.35 bits per heavy atom. The highest BCUT2D eigenvalue weighted by Crippen LogP contribution is 2.29. The molecule has 0 unspecified atom stereocenters. The highest BCUT2D eigenvalue weighted by Gasteiger charge is 2.08. The van der Waals surface area contributed by atoms with Gasteiger partial charge in [0.2, 0.25) is 0 Å². The quantitative estimate of drug-likeness (QED) is 0.679. The SMILES string of the molecule is CC(C)(C)NCc1ccc(SCc2ccc(Br)s2)cc1. The van der Waals surface area contributed by atoms with E-state index in [0.717, 1.165) is 12.3 Å². The lowest BCUT2D eigenvalue weighted by molar-refractivity contribution is 0.424. The van der Waals surface area contributed by atoms with Crippen molar-refractivity contribution >= 4 is 39.0 Å². The van der Waals surface area contributed by atoms with Crippen LogP contribution in [-0.4, -0.2) is 5.54 Å². The van der Waals surface area contributed by atoms with Gasteiger partial charge in [0.15, 0.2) is 0 Å². The van der Waals surface area contributed by atoms with Crippen molar-refractivity contribution in [2.24, 2.45) is 0 Å². The van der Waals surface area contributed by atoms with Gasteiger partial charge < -0.3 is 5.32 Å². The van der Waals surface area contributed by atoms with E-state index >= 15 is 0 Å². The molecule has 0 spiro atoms. The summed E-state index contributed by atoms with van der Waals surface area (Å²) in [6.07, 6.45) is 0. The fourth-order valence-electron chi connectivity index (χ4n) is 1.65. The number of thiophene rings is 1. The summed E-state index contributed by atoms with van der Waals surface area (Å²) in [5.74, 6) is 1.04. The molecule has 0 aliphatic carbocycles. The summed E-state index contributed by atoms with van der Waals surface area (Å²) in [6, 6.07) is 13.2. The summed E-state index contributed by atoms with van der Waals surface area (Å²) < 4.78 is 1.21.